The summed E-state index contributed by atoms with van der Waals surface area (Å²) in [7, 11) is -1.52. The Kier molecular flexibility index (Phi) is 4.10. The Hall–Kier alpha value is -1.62. The Bertz CT molecular complexity index is 708. The van der Waals surface area contributed by atoms with Crippen LogP contribution >= 0.6 is 8.25 Å². The van der Waals surface area contributed by atoms with E-state index in [1.54, 1.807) is 6.07 Å². The number of benzene rings is 2. The van der Waals surface area contributed by atoms with Gasteiger partial charge in [-0.05, 0) is 0 Å². The Balaban J connectivity index is 2.07. The molecule has 0 saturated heterocycles. The topological polar surface area (TPSA) is 74.2 Å². The van der Waals surface area contributed by atoms with E-state index >= 15 is 0 Å². The van der Waals surface area contributed by atoms with Gasteiger partial charge in [0.15, 0.2) is 11.5 Å². The first-order valence-electron chi connectivity index (χ1n) is 6.45. The molecule has 0 aromatic heterocycles. The summed E-state index contributed by atoms with van der Waals surface area (Å²) < 4.78 is 32.3. The average Bonchev–Trinajstić information content (AvgIpc) is 2.99. The Labute approximate surface area is 123 Å². The van der Waals surface area contributed by atoms with E-state index in [0.717, 1.165) is 5.39 Å². The summed E-state index contributed by atoms with van der Waals surface area (Å²) in [6, 6.07) is 7.33. The van der Waals surface area contributed by atoms with Gasteiger partial charge in [-0.1, -0.05) is 24.3 Å². The highest BCUT2D eigenvalue weighted by Gasteiger charge is 2.25. The molecule has 0 bridgehead atoms. The van der Waals surface area contributed by atoms with Crippen LogP contribution in [0.15, 0.2) is 24.3 Å². The summed E-state index contributed by atoms with van der Waals surface area (Å²) in [6.45, 7) is 0.506. The predicted molar refractivity (Wildman–Crippen MR) is 82.3 cm³/mol. The molecule has 2 aromatic rings. The summed E-state index contributed by atoms with van der Waals surface area (Å²) in [6.07, 6.45) is 0.586. The molecule has 0 amide bonds. The smallest absolute Gasteiger partial charge is 0.430 e. The van der Waals surface area contributed by atoms with E-state index in [1.165, 1.54) is 8.05 Å². The fourth-order valence-corrected chi connectivity index (χ4v) is 3.04. The second-order valence-electron chi connectivity index (χ2n) is 4.53. The highest BCUT2D eigenvalue weighted by Crippen LogP contribution is 2.49. The zero-order valence-corrected chi connectivity index (χ0v) is 12.4. The molecule has 6 nitrogen and oxygen atoms in total. The van der Waals surface area contributed by atoms with Crippen molar-refractivity contribution in [1.82, 2.24) is 0 Å². The lowest BCUT2D eigenvalue weighted by Crippen LogP contribution is -1.98. The standard InChI is InChI=1S/C12H13B2O6P/c13-19-14-20-21(16)18-12-8-4-2-1-3-7(8)11-9(10(12)15)5-6-17-11/h1-4,14-15,21H,5-6,13H2. The van der Waals surface area contributed by atoms with Crippen LogP contribution in [0.4, 0.5) is 0 Å². The quantitative estimate of drug-likeness (QED) is 0.658. The number of rotatable bonds is 5. The van der Waals surface area contributed by atoms with Crippen LogP contribution in [0.25, 0.3) is 10.8 Å². The zero-order valence-electron chi connectivity index (χ0n) is 11.4. The van der Waals surface area contributed by atoms with Gasteiger partial charge in [0.2, 0.25) is 8.05 Å². The fraction of sp³-hybridized carbons (Fsp3) is 0.167. The van der Waals surface area contributed by atoms with Crippen molar-refractivity contribution in [2.24, 2.45) is 0 Å². The molecule has 0 aliphatic carbocycles. The third kappa shape index (κ3) is 2.62. The van der Waals surface area contributed by atoms with Crippen molar-refractivity contribution < 1.29 is 27.9 Å². The summed E-state index contributed by atoms with van der Waals surface area (Å²) in [4.78, 5) is 0. The molecule has 0 fully saturated rings. The normalized spacial score (nSPS) is 14.5. The Morgan fingerprint density at radius 2 is 2.10 bits per heavy atom. The van der Waals surface area contributed by atoms with E-state index in [-0.39, 0.29) is 19.2 Å². The minimum atomic E-state index is -2.81. The molecule has 9 heteroatoms. The molecule has 1 N–H and O–H groups in total. The van der Waals surface area contributed by atoms with Gasteiger partial charge in [0.1, 0.15) is 5.75 Å². The largest absolute Gasteiger partial charge is 0.504 e. The SMILES string of the molecule is BOBO[PH](=O)Oc1c(O)c2c(c3ccccc13)OCC2. The monoisotopic (exact) mass is 306 g/mol. The van der Waals surface area contributed by atoms with Crippen LogP contribution in [0.5, 0.6) is 17.2 Å². The molecule has 0 spiro atoms. The van der Waals surface area contributed by atoms with Gasteiger partial charge in [0.25, 0.3) is 0 Å². The summed E-state index contributed by atoms with van der Waals surface area (Å²) in [5.74, 6) is 0.781. The lowest BCUT2D eigenvalue weighted by molar-refractivity contribution is 0.360. The van der Waals surface area contributed by atoms with E-state index < -0.39 is 8.25 Å². The average molecular weight is 306 g/mol. The molecular weight excluding hydrogens is 293 g/mol. The molecule has 1 atom stereocenters. The minimum Gasteiger partial charge on any atom is -0.504 e. The van der Waals surface area contributed by atoms with Gasteiger partial charge in [-0.2, -0.15) is 0 Å². The number of ether oxygens (including phenoxy) is 1. The number of phenols is 1. The number of fused-ring (bicyclic) bond motifs is 3. The van der Waals surface area contributed by atoms with Crippen molar-refractivity contribution in [3.63, 3.8) is 0 Å². The number of phenolic OH excluding ortho intramolecular Hbond substituents is 1. The fourth-order valence-electron chi connectivity index (χ4n) is 2.39. The second-order valence-corrected chi connectivity index (χ2v) is 5.53. The van der Waals surface area contributed by atoms with Crippen molar-refractivity contribution in [3.05, 3.63) is 29.8 Å². The van der Waals surface area contributed by atoms with E-state index in [1.807, 2.05) is 18.2 Å². The molecule has 1 aliphatic heterocycles. The third-order valence-corrected chi connectivity index (χ3v) is 3.99. The van der Waals surface area contributed by atoms with Crippen LogP contribution in [0, 0.1) is 0 Å². The van der Waals surface area contributed by atoms with Crippen LogP contribution in [0.3, 0.4) is 0 Å². The van der Waals surface area contributed by atoms with Crippen molar-refractivity contribution in [1.29, 1.82) is 0 Å². The van der Waals surface area contributed by atoms with Gasteiger partial charge >= 0.3 is 15.9 Å². The second kappa shape index (κ2) is 6.02. The first-order valence-corrected chi connectivity index (χ1v) is 7.67. The first kappa shape index (κ1) is 14.3. The maximum atomic E-state index is 11.8. The minimum absolute atomic E-state index is 0.0411. The van der Waals surface area contributed by atoms with Crippen LogP contribution in [0.2, 0.25) is 0 Å². The number of hydrogen-bond acceptors (Lipinski definition) is 6. The lowest BCUT2D eigenvalue weighted by Gasteiger charge is -2.14. The highest BCUT2D eigenvalue weighted by molar-refractivity contribution is 7.35. The first-order chi connectivity index (χ1) is 10.2. The Morgan fingerprint density at radius 3 is 2.86 bits per heavy atom. The van der Waals surface area contributed by atoms with E-state index in [4.69, 9.17) is 13.7 Å². The molecule has 1 unspecified atom stereocenters. The number of aromatic hydroxyl groups is 1. The molecule has 3 rings (SSSR count). The predicted octanol–water partition coefficient (Wildman–Crippen LogP) is 1.10. The maximum absolute atomic E-state index is 11.8. The van der Waals surface area contributed by atoms with Crippen molar-refractivity contribution in [2.45, 2.75) is 6.42 Å². The van der Waals surface area contributed by atoms with Crippen LogP contribution in [-0.2, 0) is 20.0 Å². The zero-order chi connectivity index (χ0) is 14.8. The van der Waals surface area contributed by atoms with E-state index in [0.29, 0.717) is 29.7 Å². The van der Waals surface area contributed by atoms with Crippen molar-refractivity contribution in [3.8, 4) is 17.2 Å². The lowest BCUT2D eigenvalue weighted by atomic mass is 10.0. The van der Waals surface area contributed by atoms with Crippen molar-refractivity contribution >= 4 is 34.8 Å². The molecule has 0 saturated carbocycles. The van der Waals surface area contributed by atoms with Gasteiger partial charge < -0.3 is 23.4 Å². The third-order valence-electron chi connectivity index (χ3n) is 3.27. The van der Waals surface area contributed by atoms with Crippen LogP contribution < -0.4 is 9.26 Å². The van der Waals surface area contributed by atoms with Gasteiger partial charge in [0, 0.05) is 22.8 Å². The molecule has 108 valence electrons. The molecule has 1 heterocycles. The van der Waals surface area contributed by atoms with Crippen LogP contribution in [0.1, 0.15) is 5.56 Å². The van der Waals surface area contributed by atoms with Crippen molar-refractivity contribution in [2.75, 3.05) is 6.61 Å². The summed E-state index contributed by atoms with van der Waals surface area (Å²) in [5, 5.41) is 11.8. The summed E-state index contributed by atoms with van der Waals surface area (Å²) >= 11 is 0. The van der Waals surface area contributed by atoms with Gasteiger partial charge in [-0.3, -0.25) is 4.57 Å². The molecule has 2 aromatic carbocycles. The van der Waals surface area contributed by atoms with Crippen LogP contribution in [-0.4, -0.2) is 27.4 Å². The number of hydrogen-bond donors (Lipinski definition) is 1. The van der Waals surface area contributed by atoms with Gasteiger partial charge in [-0.15, -0.1) is 0 Å². The molecule has 1 aliphatic rings. The highest BCUT2D eigenvalue weighted by atomic mass is 31.1. The maximum Gasteiger partial charge on any atom is 0.430 e. The molecular formula is C12H13B2O6P. The van der Waals surface area contributed by atoms with Gasteiger partial charge in [0.05, 0.1) is 6.61 Å². The summed E-state index contributed by atoms with van der Waals surface area (Å²) in [5.41, 5.74) is 0.672. The van der Waals surface area contributed by atoms with Gasteiger partial charge in [-0.25, -0.2) is 0 Å². The van der Waals surface area contributed by atoms with E-state index in [9.17, 15) is 9.67 Å². The van der Waals surface area contributed by atoms with E-state index in [2.05, 4.69) is 4.57 Å². The Morgan fingerprint density at radius 1 is 1.33 bits per heavy atom. The molecule has 0 radical (unpaired) electrons. The molecule has 21 heavy (non-hydrogen) atoms.